The highest BCUT2D eigenvalue weighted by molar-refractivity contribution is 5.62. The first kappa shape index (κ1) is 18.3. The van der Waals surface area contributed by atoms with Crippen molar-refractivity contribution in [3.63, 3.8) is 0 Å². The van der Waals surface area contributed by atoms with E-state index in [0.29, 0.717) is 24.3 Å². The zero-order valence-electron chi connectivity index (χ0n) is 13.5. The number of allylic oxidation sites excluding steroid dienone is 8. The van der Waals surface area contributed by atoms with Gasteiger partial charge < -0.3 is 5.32 Å². The molecule has 0 unspecified atom stereocenters. The largest absolute Gasteiger partial charge is 0.317 e. The number of nitrogens with zero attached hydrogens (tertiary/aromatic N) is 1. The van der Waals surface area contributed by atoms with Crippen LogP contribution in [0.5, 0.6) is 0 Å². The first-order valence-corrected chi connectivity index (χ1v) is 7.91. The summed E-state index contributed by atoms with van der Waals surface area (Å²) < 4.78 is 13.8. The molecule has 120 valence electrons. The lowest BCUT2D eigenvalue weighted by Gasteiger charge is -2.18. The molecule has 1 heterocycles. The van der Waals surface area contributed by atoms with Gasteiger partial charge in [0.1, 0.15) is 5.83 Å². The summed E-state index contributed by atoms with van der Waals surface area (Å²) in [6.45, 7) is 11.2. The summed E-state index contributed by atoms with van der Waals surface area (Å²) in [6.07, 6.45) is 14.0. The molecule has 0 saturated carbocycles. The molecule has 1 aliphatic rings. The van der Waals surface area contributed by atoms with E-state index in [1.807, 2.05) is 12.3 Å². The molecule has 2 nitrogen and oxygen atoms in total. The lowest BCUT2D eigenvalue weighted by Crippen LogP contribution is -2.28. The van der Waals surface area contributed by atoms with E-state index >= 15 is 0 Å². The van der Waals surface area contributed by atoms with E-state index in [1.165, 1.54) is 6.08 Å². The van der Waals surface area contributed by atoms with Crippen LogP contribution in [0.2, 0.25) is 0 Å². The Labute approximate surface area is 133 Å². The van der Waals surface area contributed by atoms with Crippen molar-refractivity contribution in [2.75, 3.05) is 13.1 Å². The molecule has 3 heteroatoms. The van der Waals surface area contributed by atoms with Gasteiger partial charge in [-0.3, -0.25) is 4.99 Å². The molecule has 1 saturated heterocycles. The number of rotatable bonds is 8. The van der Waals surface area contributed by atoms with E-state index in [2.05, 4.69) is 23.5 Å². The minimum absolute atomic E-state index is 0.194. The topological polar surface area (TPSA) is 24.4 Å². The zero-order valence-corrected chi connectivity index (χ0v) is 13.5. The second-order valence-corrected chi connectivity index (χ2v) is 5.32. The standard InChI is InChI=1S/C19H27FN2/c1-4-7-17(19(20)6-3)9-10-18(8-5-2)22-15-16-11-13-21-14-12-16/h4-8,15-16,21H,1-2,9-14H2,3H3/b17-7-,18-8-,19-6+,22-15?. The summed E-state index contributed by atoms with van der Waals surface area (Å²) in [5, 5.41) is 3.34. The molecule has 0 spiro atoms. The van der Waals surface area contributed by atoms with E-state index in [9.17, 15) is 4.39 Å². The maximum Gasteiger partial charge on any atom is 0.122 e. The first-order chi connectivity index (χ1) is 10.7. The number of hydrogen-bond donors (Lipinski definition) is 1. The fraction of sp³-hybridized carbons (Fsp3) is 0.421. The van der Waals surface area contributed by atoms with Crippen LogP contribution in [0.25, 0.3) is 0 Å². The molecule has 0 aromatic carbocycles. The van der Waals surface area contributed by atoms with Gasteiger partial charge in [-0.15, -0.1) is 0 Å². The molecule has 0 radical (unpaired) electrons. The molecule has 1 fully saturated rings. The molecular formula is C19H27FN2. The predicted octanol–water partition coefficient (Wildman–Crippen LogP) is 4.89. The summed E-state index contributed by atoms with van der Waals surface area (Å²) in [7, 11) is 0. The van der Waals surface area contributed by atoms with Crippen LogP contribution in [0.4, 0.5) is 4.39 Å². The third kappa shape index (κ3) is 6.81. The summed E-state index contributed by atoms with van der Waals surface area (Å²) in [5.41, 5.74) is 1.59. The van der Waals surface area contributed by atoms with Crippen molar-refractivity contribution < 1.29 is 4.39 Å². The van der Waals surface area contributed by atoms with Gasteiger partial charge >= 0.3 is 0 Å². The monoisotopic (exact) mass is 302 g/mol. The van der Waals surface area contributed by atoms with Gasteiger partial charge in [0, 0.05) is 11.9 Å². The fourth-order valence-electron chi connectivity index (χ4n) is 2.39. The van der Waals surface area contributed by atoms with Crippen LogP contribution >= 0.6 is 0 Å². The average molecular weight is 302 g/mol. The van der Waals surface area contributed by atoms with Crippen LogP contribution in [-0.2, 0) is 0 Å². The summed E-state index contributed by atoms with van der Waals surface area (Å²) in [6, 6.07) is 0. The van der Waals surface area contributed by atoms with Crippen LogP contribution in [0.15, 0.2) is 65.6 Å². The average Bonchev–Trinajstić information content (AvgIpc) is 2.56. The Morgan fingerprint density at radius 1 is 1.18 bits per heavy atom. The van der Waals surface area contributed by atoms with E-state index in [1.54, 1.807) is 25.2 Å². The lowest BCUT2D eigenvalue weighted by atomic mass is 9.99. The molecular weight excluding hydrogens is 275 g/mol. The Kier molecular flexibility index (Phi) is 9.08. The zero-order chi connectivity index (χ0) is 16.2. The van der Waals surface area contributed by atoms with Gasteiger partial charge in [-0.1, -0.05) is 37.5 Å². The Bertz CT molecular complexity index is 478. The van der Waals surface area contributed by atoms with Crippen molar-refractivity contribution in [3.05, 3.63) is 60.6 Å². The van der Waals surface area contributed by atoms with Crippen LogP contribution in [0.1, 0.15) is 32.6 Å². The minimum atomic E-state index is -0.194. The van der Waals surface area contributed by atoms with E-state index in [-0.39, 0.29) is 5.83 Å². The van der Waals surface area contributed by atoms with Gasteiger partial charge in [0.2, 0.25) is 0 Å². The van der Waals surface area contributed by atoms with Crippen molar-refractivity contribution >= 4 is 6.21 Å². The minimum Gasteiger partial charge on any atom is -0.317 e. The van der Waals surface area contributed by atoms with Gasteiger partial charge in [0.15, 0.2) is 0 Å². The normalized spacial score (nSPS) is 18.7. The third-order valence-electron chi connectivity index (χ3n) is 3.67. The second kappa shape index (κ2) is 10.9. The van der Waals surface area contributed by atoms with Gasteiger partial charge in [-0.25, -0.2) is 4.39 Å². The van der Waals surface area contributed by atoms with Crippen LogP contribution < -0.4 is 5.32 Å². The smallest absolute Gasteiger partial charge is 0.122 e. The molecule has 0 aromatic heterocycles. The number of hydrogen-bond acceptors (Lipinski definition) is 2. The number of nitrogens with one attached hydrogen (secondary N) is 1. The maximum atomic E-state index is 13.8. The molecule has 1 N–H and O–H groups in total. The molecule has 0 aliphatic carbocycles. The van der Waals surface area contributed by atoms with Crippen LogP contribution in [-0.4, -0.2) is 19.3 Å². The molecule has 0 aromatic rings. The van der Waals surface area contributed by atoms with Crippen molar-refractivity contribution in [2.24, 2.45) is 10.9 Å². The van der Waals surface area contributed by atoms with Crippen molar-refractivity contribution in [1.29, 1.82) is 0 Å². The van der Waals surface area contributed by atoms with Crippen molar-refractivity contribution in [2.45, 2.75) is 32.6 Å². The van der Waals surface area contributed by atoms with E-state index < -0.39 is 0 Å². The maximum absolute atomic E-state index is 13.8. The van der Waals surface area contributed by atoms with Crippen LogP contribution in [0.3, 0.4) is 0 Å². The molecule has 0 atom stereocenters. The quantitative estimate of drug-likeness (QED) is 0.501. The number of aliphatic imine (C=N–C) groups is 1. The Hall–Kier alpha value is -1.74. The number of piperidine rings is 1. The van der Waals surface area contributed by atoms with Gasteiger partial charge in [-0.05, 0) is 63.3 Å². The Morgan fingerprint density at radius 3 is 2.45 bits per heavy atom. The van der Waals surface area contributed by atoms with Gasteiger partial charge in [0.05, 0.1) is 0 Å². The van der Waals surface area contributed by atoms with Crippen molar-refractivity contribution in [3.8, 4) is 0 Å². The fourth-order valence-corrected chi connectivity index (χ4v) is 2.39. The molecule has 1 rings (SSSR count). The first-order valence-electron chi connectivity index (χ1n) is 7.91. The van der Waals surface area contributed by atoms with E-state index in [0.717, 1.165) is 31.6 Å². The Morgan fingerprint density at radius 2 is 1.86 bits per heavy atom. The van der Waals surface area contributed by atoms with E-state index in [4.69, 9.17) is 0 Å². The molecule has 0 amide bonds. The molecule has 22 heavy (non-hydrogen) atoms. The van der Waals surface area contributed by atoms with Crippen molar-refractivity contribution in [1.82, 2.24) is 5.32 Å². The summed E-state index contributed by atoms with van der Waals surface area (Å²) in [5.74, 6) is 0.338. The SMILES string of the molecule is C=C/C=C(/CCC(=C/C=C)/C(F)=C\C)N=CC1CCNCC1. The highest BCUT2D eigenvalue weighted by Gasteiger charge is 2.10. The predicted molar refractivity (Wildman–Crippen MR) is 94.7 cm³/mol. The third-order valence-corrected chi connectivity index (χ3v) is 3.67. The Balaban J connectivity index is 2.65. The second-order valence-electron chi connectivity index (χ2n) is 5.32. The molecule has 0 bridgehead atoms. The summed E-state index contributed by atoms with van der Waals surface area (Å²) >= 11 is 0. The lowest BCUT2D eigenvalue weighted by molar-refractivity contribution is 0.462. The highest BCUT2D eigenvalue weighted by atomic mass is 19.1. The highest BCUT2D eigenvalue weighted by Crippen LogP contribution is 2.21. The molecule has 1 aliphatic heterocycles. The van der Waals surface area contributed by atoms with Crippen LogP contribution in [0, 0.1) is 5.92 Å². The van der Waals surface area contributed by atoms with Gasteiger partial charge in [0.25, 0.3) is 0 Å². The van der Waals surface area contributed by atoms with Gasteiger partial charge in [-0.2, -0.15) is 0 Å². The summed E-state index contributed by atoms with van der Waals surface area (Å²) in [4.78, 5) is 4.60. The number of halogens is 1.